The summed E-state index contributed by atoms with van der Waals surface area (Å²) in [4.78, 5) is 12.3. The van der Waals surface area contributed by atoms with Gasteiger partial charge in [0, 0.05) is 6.42 Å². The average Bonchev–Trinajstić information content (AvgIpc) is 2.68. The molecule has 0 bridgehead atoms. The Morgan fingerprint density at radius 1 is 1.11 bits per heavy atom. The molecular weight excluding hydrogens is 368 g/mol. The third-order valence-electron chi connectivity index (χ3n) is 6.15. The number of aliphatic hydroxyl groups is 6. The van der Waals surface area contributed by atoms with Crippen LogP contribution in [-0.2, 0) is 9.53 Å². The van der Waals surface area contributed by atoms with Gasteiger partial charge in [-0.05, 0) is 42.7 Å². The van der Waals surface area contributed by atoms with E-state index in [1.807, 2.05) is 6.92 Å². The molecule has 0 spiro atoms. The van der Waals surface area contributed by atoms with Crippen LogP contribution in [0.1, 0.15) is 39.5 Å². The number of rotatable bonds is 7. The lowest BCUT2D eigenvalue weighted by atomic mass is 9.66. The van der Waals surface area contributed by atoms with Crippen molar-refractivity contribution in [2.45, 2.75) is 70.1 Å². The number of hydrogen-bond donors (Lipinski definition) is 6. The topological polar surface area (TPSA) is 148 Å². The van der Waals surface area contributed by atoms with Crippen molar-refractivity contribution in [1.82, 2.24) is 0 Å². The van der Waals surface area contributed by atoms with Crippen molar-refractivity contribution in [1.29, 1.82) is 0 Å². The molecule has 2 rings (SSSR count). The molecule has 8 nitrogen and oxygen atoms in total. The van der Waals surface area contributed by atoms with Crippen molar-refractivity contribution in [2.75, 3.05) is 19.8 Å². The summed E-state index contributed by atoms with van der Waals surface area (Å²) in [6, 6.07) is 0. The number of carbonyl (C=O) groups excluding carboxylic acids is 1. The van der Waals surface area contributed by atoms with E-state index in [-0.39, 0.29) is 25.4 Å². The van der Waals surface area contributed by atoms with Gasteiger partial charge >= 0.3 is 0 Å². The molecule has 6 atom stereocenters. The summed E-state index contributed by atoms with van der Waals surface area (Å²) in [5.41, 5.74) is 1.37. The van der Waals surface area contributed by atoms with E-state index in [0.717, 1.165) is 5.57 Å². The fourth-order valence-corrected chi connectivity index (χ4v) is 4.19. The minimum Gasteiger partial charge on any atom is -0.394 e. The molecule has 160 valence electrons. The number of carbonyl (C=O) groups is 1. The minimum absolute atomic E-state index is 0.0317. The van der Waals surface area contributed by atoms with Crippen LogP contribution < -0.4 is 0 Å². The molecule has 1 fully saturated rings. The number of allylic oxidation sites excluding steroid dienone is 3. The van der Waals surface area contributed by atoms with Crippen molar-refractivity contribution < 1.29 is 40.2 Å². The van der Waals surface area contributed by atoms with Crippen molar-refractivity contribution >= 4 is 5.78 Å². The maximum absolute atomic E-state index is 12.3. The third-order valence-corrected chi connectivity index (χ3v) is 6.15. The predicted molar refractivity (Wildman–Crippen MR) is 100 cm³/mol. The van der Waals surface area contributed by atoms with E-state index in [4.69, 9.17) is 4.74 Å². The van der Waals surface area contributed by atoms with Gasteiger partial charge in [-0.1, -0.05) is 18.6 Å². The molecule has 1 aliphatic carbocycles. The van der Waals surface area contributed by atoms with Gasteiger partial charge in [0.05, 0.1) is 25.9 Å². The lowest BCUT2D eigenvalue weighted by Gasteiger charge is -2.45. The maximum atomic E-state index is 12.3. The summed E-state index contributed by atoms with van der Waals surface area (Å²) in [5, 5.41) is 58.4. The fourth-order valence-electron chi connectivity index (χ4n) is 4.19. The van der Waals surface area contributed by atoms with Crippen LogP contribution in [0.5, 0.6) is 0 Å². The van der Waals surface area contributed by atoms with Crippen LogP contribution in [0.2, 0.25) is 0 Å². The molecule has 1 heterocycles. The van der Waals surface area contributed by atoms with Crippen molar-refractivity contribution in [3.8, 4) is 0 Å². The van der Waals surface area contributed by atoms with Crippen LogP contribution in [0.15, 0.2) is 22.8 Å². The van der Waals surface area contributed by atoms with Crippen LogP contribution in [0, 0.1) is 5.41 Å². The second kappa shape index (κ2) is 9.58. The first-order chi connectivity index (χ1) is 13.2. The molecule has 0 aromatic heterocycles. The van der Waals surface area contributed by atoms with Gasteiger partial charge in [0.1, 0.15) is 24.4 Å². The summed E-state index contributed by atoms with van der Waals surface area (Å²) in [6.45, 7) is 2.65. The van der Waals surface area contributed by atoms with Gasteiger partial charge in [-0.15, -0.1) is 0 Å². The number of ether oxygens (including phenoxy) is 1. The summed E-state index contributed by atoms with van der Waals surface area (Å²) in [7, 11) is 0. The highest BCUT2D eigenvalue weighted by Crippen LogP contribution is 2.46. The van der Waals surface area contributed by atoms with Crippen LogP contribution in [0.3, 0.4) is 0 Å². The summed E-state index contributed by atoms with van der Waals surface area (Å²) in [5.74, 6) is 0.0317. The van der Waals surface area contributed by atoms with Crippen LogP contribution in [0.25, 0.3) is 0 Å². The van der Waals surface area contributed by atoms with E-state index < -0.39 is 42.5 Å². The van der Waals surface area contributed by atoms with Gasteiger partial charge < -0.3 is 35.4 Å². The standard InChI is InChI=1S/C20H32O8/c1-11-13(4-3-12(8-21)9-22)20(2,6-5-14(11)24)7-15-17(25)19(27)18(26)16(10-23)28-15/h3,15-19,21-23,25-27H,4-10H2,1-2H3/t15-,16+,17-,18+,19+,20?/m0/s1. The summed E-state index contributed by atoms with van der Waals surface area (Å²) >= 11 is 0. The Morgan fingerprint density at radius 3 is 2.29 bits per heavy atom. The van der Waals surface area contributed by atoms with Crippen molar-refractivity contribution in [2.24, 2.45) is 5.41 Å². The van der Waals surface area contributed by atoms with E-state index in [1.165, 1.54) is 0 Å². The second-order valence-corrected chi connectivity index (χ2v) is 8.04. The summed E-state index contributed by atoms with van der Waals surface area (Å²) < 4.78 is 5.66. The Morgan fingerprint density at radius 2 is 1.71 bits per heavy atom. The van der Waals surface area contributed by atoms with E-state index in [1.54, 1.807) is 13.0 Å². The zero-order valence-electron chi connectivity index (χ0n) is 16.4. The quantitative estimate of drug-likeness (QED) is 0.305. The highest BCUT2D eigenvalue weighted by atomic mass is 16.5. The molecule has 8 heteroatoms. The number of Topliss-reactive ketones (excluding diaryl/α,β-unsaturated/α-hetero) is 1. The van der Waals surface area contributed by atoms with Gasteiger partial charge in [0.15, 0.2) is 5.78 Å². The Bertz CT molecular complexity index is 620. The highest BCUT2D eigenvalue weighted by molar-refractivity contribution is 5.96. The lowest BCUT2D eigenvalue weighted by Crippen LogP contribution is -2.59. The Labute approximate surface area is 164 Å². The zero-order chi connectivity index (χ0) is 21.1. The van der Waals surface area contributed by atoms with Crippen LogP contribution in [0.4, 0.5) is 0 Å². The number of ketones is 1. The first-order valence-electron chi connectivity index (χ1n) is 9.62. The maximum Gasteiger partial charge on any atom is 0.158 e. The molecule has 1 aliphatic heterocycles. The highest BCUT2D eigenvalue weighted by Gasteiger charge is 2.47. The van der Waals surface area contributed by atoms with E-state index in [9.17, 15) is 35.4 Å². The number of aliphatic hydroxyl groups excluding tert-OH is 6. The van der Waals surface area contributed by atoms with E-state index in [0.29, 0.717) is 30.4 Å². The SMILES string of the molecule is CC1=C(CC=C(CO)CO)C(C)(C[C@@H]2O[C@H](CO)[C@@H](O)[C@H](O)[C@H]2O)CCC1=O. The van der Waals surface area contributed by atoms with Crippen LogP contribution in [-0.4, -0.2) is 86.8 Å². The molecule has 0 aromatic carbocycles. The molecule has 0 radical (unpaired) electrons. The number of hydrogen-bond acceptors (Lipinski definition) is 8. The average molecular weight is 400 g/mol. The molecule has 6 N–H and O–H groups in total. The first kappa shape index (κ1) is 23.2. The molecule has 0 aromatic rings. The fraction of sp³-hybridized carbons (Fsp3) is 0.750. The van der Waals surface area contributed by atoms with E-state index in [2.05, 4.69) is 0 Å². The molecular formula is C20H32O8. The van der Waals surface area contributed by atoms with Gasteiger partial charge in [-0.3, -0.25) is 4.79 Å². The Balaban J connectivity index is 2.30. The van der Waals surface area contributed by atoms with Gasteiger partial charge in [-0.25, -0.2) is 0 Å². The Hall–Kier alpha value is -1.13. The molecule has 0 saturated carbocycles. The predicted octanol–water partition coefficient (Wildman–Crippen LogP) is -0.794. The smallest absolute Gasteiger partial charge is 0.158 e. The monoisotopic (exact) mass is 400 g/mol. The second-order valence-electron chi connectivity index (χ2n) is 8.04. The minimum atomic E-state index is -1.44. The third kappa shape index (κ3) is 4.71. The van der Waals surface area contributed by atoms with Gasteiger partial charge in [-0.2, -0.15) is 0 Å². The van der Waals surface area contributed by atoms with Crippen molar-refractivity contribution in [3.05, 3.63) is 22.8 Å². The molecule has 0 amide bonds. The lowest BCUT2D eigenvalue weighted by molar-refractivity contribution is -0.234. The van der Waals surface area contributed by atoms with Gasteiger partial charge in [0.2, 0.25) is 0 Å². The first-order valence-corrected chi connectivity index (χ1v) is 9.62. The summed E-state index contributed by atoms with van der Waals surface area (Å²) in [6.07, 6.45) is -2.75. The normalized spacial score (nSPS) is 36.6. The Kier molecular flexibility index (Phi) is 7.92. The van der Waals surface area contributed by atoms with Crippen molar-refractivity contribution in [3.63, 3.8) is 0 Å². The zero-order valence-corrected chi connectivity index (χ0v) is 16.4. The van der Waals surface area contributed by atoms with Crippen LogP contribution >= 0.6 is 0 Å². The largest absolute Gasteiger partial charge is 0.394 e. The molecule has 28 heavy (non-hydrogen) atoms. The van der Waals surface area contributed by atoms with Gasteiger partial charge in [0.25, 0.3) is 0 Å². The van der Waals surface area contributed by atoms with E-state index >= 15 is 0 Å². The molecule has 1 unspecified atom stereocenters. The molecule has 1 saturated heterocycles. The molecule has 2 aliphatic rings.